The van der Waals surface area contributed by atoms with Crippen LogP contribution in [0.25, 0.3) is 0 Å². The molecule has 0 fully saturated rings. The van der Waals surface area contributed by atoms with E-state index in [4.69, 9.17) is 4.74 Å². The summed E-state index contributed by atoms with van der Waals surface area (Å²) in [6.45, 7) is 9.21. The molecule has 21 heavy (non-hydrogen) atoms. The lowest BCUT2D eigenvalue weighted by Gasteiger charge is -2.13. The fourth-order valence-corrected chi connectivity index (χ4v) is 3.26. The summed E-state index contributed by atoms with van der Waals surface area (Å²) in [4.78, 5) is 2.76. The molecule has 1 aromatic heterocycles. The SMILES string of the molecule is CCCNCc1cc(COC(C)c2ccccc2)c(C)s1. The highest BCUT2D eigenvalue weighted by Crippen LogP contribution is 2.25. The first-order chi connectivity index (χ1) is 10.2. The van der Waals surface area contributed by atoms with Gasteiger partial charge in [0.1, 0.15) is 0 Å². The molecule has 0 amide bonds. The van der Waals surface area contributed by atoms with Crippen LogP contribution >= 0.6 is 11.3 Å². The molecule has 0 aliphatic carbocycles. The Morgan fingerprint density at radius 1 is 1.24 bits per heavy atom. The maximum atomic E-state index is 6.02. The number of nitrogens with one attached hydrogen (secondary N) is 1. The van der Waals surface area contributed by atoms with Crippen molar-refractivity contribution in [2.24, 2.45) is 0 Å². The van der Waals surface area contributed by atoms with Crippen LogP contribution in [0.3, 0.4) is 0 Å². The number of aryl methyl sites for hydroxylation is 1. The van der Waals surface area contributed by atoms with Crippen LogP contribution in [0.4, 0.5) is 0 Å². The molecule has 2 aromatic rings. The Bertz CT molecular complexity index is 535. The highest BCUT2D eigenvalue weighted by atomic mass is 32.1. The van der Waals surface area contributed by atoms with Crippen LogP contribution in [-0.4, -0.2) is 6.54 Å². The monoisotopic (exact) mass is 303 g/mol. The topological polar surface area (TPSA) is 21.3 Å². The van der Waals surface area contributed by atoms with E-state index in [9.17, 15) is 0 Å². The van der Waals surface area contributed by atoms with E-state index in [1.165, 1.54) is 27.3 Å². The number of rotatable bonds is 8. The van der Waals surface area contributed by atoms with Crippen LogP contribution < -0.4 is 5.32 Å². The maximum absolute atomic E-state index is 6.02. The molecule has 1 heterocycles. The van der Waals surface area contributed by atoms with Crippen molar-refractivity contribution in [1.82, 2.24) is 5.32 Å². The van der Waals surface area contributed by atoms with E-state index in [0.29, 0.717) is 6.61 Å². The van der Waals surface area contributed by atoms with Crippen LogP contribution in [0, 0.1) is 6.92 Å². The van der Waals surface area contributed by atoms with Crippen molar-refractivity contribution in [3.05, 3.63) is 57.3 Å². The maximum Gasteiger partial charge on any atom is 0.0801 e. The Labute approximate surface area is 132 Å². The molecule has 0 saturated heterocycles. The summed E-state index contributed by atoms with van der Waals surface area (Å²) >= 11 is 1.87. The summed E-state index contributed by atoms with van der Waals surface area (Å²) < 4.78 is 6.02. The molecule has 0 aliphatic heterocycles. The largest absolute Gasteiger partial charge is 0.369 e. The van der Waals surface area contributed by atoms with Gasteiger partial charge in [-0.3, -0.25) is 0 Å². The highest BCUT2D eigenvalue weighted by Gasteiger charge is 2.09. The van der Waals surface area contributed by atoms with Gasteiger partial charge in [-0.25, -0.2) is 0 Å². The lowest BCUT2D eigenvalue weighted by Crippen LogP contribution is -2.12. The van der Waals surface area contributed by atoms with Gasteiger partial charge in [-0.1, -0.05) is 37.3 Å². The Balaban J connectivity index is 1.88. The van der Waals surface area contributed by atoms with Gasteiger partial charge in [0.05, 0.1) is 12.7 Å². The Kier molecular flexibility index (Phi) is 6.43. The summed E-state index contributed by atoms with van der Waals surface area (Å²) in [5, 5.41) is 3.45. The van der Waals surface area contributed by atoms with Gasteiger partial charge < -0.3 is 10.1 Å². The summed E-state index contributed by atoms with van der Waals surface area (Å²) in [6.07, 6.45) is 1.31. The van der Waals surface area contributed by atoms with Crippen LogP contribution in [0.2, 0.25) is 0 Å². The number of hydrogen-bond acceptors (Lipinski definition) is 3. The Morgan fingerprint density at radius 3 is 2.71 bits per heavy atom. The third-order valence-electron chi connectivity index (χ3n) is 3.56. The van der Waals surface area contributed by atoms with Crippen molar-refractivity contribution in [1.29, 1.82) is 0 Å². The fourth-order valence-electron chi connectivity index (χ4n) is 2.24. The van der Waals surface area contributed by atoms with Gasteiger partial charge in [-0.2, -0.15) is 0 Å². The first-order valence-electron chi connectivity index (χ1n) is 7.66. The van der Waals surface area contributed by atoms with Crippen molar-refractivity contribution >= 4 is 11.3 Å². The zero-order valence-electron chi connectivity index (χ0n) is 13.2. The molecule has 1 atom stereocenters. The minimum Gasteiger partial charge on any atom is -0.369 e. The molecule has 0 bridgehead atoms. The van der Waals surface area contributed by atoms with Crippen molar-refractivity contribution in [2.75, 3.05) is 6.54 Å². The van der Waals surface area contributed by atoms with E-state index in [2.05, 4.69) is 56.4 Å². The second-order valence-electron chi connectivity index (χ2n) is 5.33. The Morgan fingerprint density at radius 2 is 2.00 bits per heavy atom. The number of hydrogen-bond donors (Lipinski definition) is 1. The van der Waals surface area contributed by atoms with Crippen LogP contribution in [0.1, 0.15) is 47.3 Å². The van der Waals surface area contributed by atoms with Crippen LogP contribution in [-0.2, 0) is 17.9 Å². The summed E-state index contributed by atoms with van der Waals surface area (Å²) in [7, 11) is 0. The third kappa shape index (κ3) is 4.95. The predicted molar refractivity (Wildman–Crippen MR) is 90.7 cm³/mol. The second-order valence-corrected chi connectivity index (χ2v) is 6.68. The van der Waals surface area contributed by atoms with E-state index in [1.54, 1.807) is 0 Å². The van der Waals surface area contributed by atoms with E-state index in [1.807, 2.05) is 17.4 Å². The van der Waals surface area contributed by atoms with Crippen molar-refractivity contribution in [3.8, 4) is 0 Å². The van der Waals surface area contributed by atoms with Gasteiger partial charge in [-0.05, 0) is 44.0 Å². The lowest BCUT2D eigenvalue weighted by atomic mass is 10.1. The minimum absolute atomic E-state index is 0.132. The molecule has 1 aromatic carbocycles. The van der Waals surface area contributed by atoms with Crippen molar-refractivity contribution in [3.63, 3.8) is 0 Å². The average molecular weight is 303 g/mol. The summed E-state index contributed by atoms with van der Waals surface area (Å²) in [5.74, 6) is 0. The van der Waals surface area contributed by atoms with Crippen molar-refractivity contribution < 1.29 is 4.74 Å². The second kappa shape index (κ2) is 8.32. The fraction of sp³-hybridized carbons (Fsp3) is 0.444. The first-order valence-corrected chi connectivity index (χ1v) is 8.47. The van der Waals surface area contributed by atoms with Gasteiger partial charge in [0.2, 0.25) is 0 Å². The normalized spacial score (nSPS) is 12.5. The molecule has 0 aliphatic rings. The standard InChI is InChI=1S/C18H25NOS/c1-4-10-19-12-18-11-17(15(3)21-18)13-20-14(2)16-8-6-5-7-9-16/h5-9,11,14,19H,4,10,12-13H2,1-3H3. The number of benzene rings is 1. The molecule has 2 nitrogen and oxygen atoms in total. The molecule has 114 valence electrons. The summed E-state index contributed by atoms with van der Waals surface area (Å²) in [5.41, 5.74) is 2.55. The van der Waals surface area contributed by atoms with E-state index in [0.717, 1.165) is 13.1 Å². The van der Waals surface area contributed by atoms with Gasteiger partial charge in [0, 0.05) is 16.3 Å². The predicted octanol–water partition coefficient (Wildman–Crippen LogP) is 4.83. The molecule has 2 rings (SSSR count). The van der Waals surface area contributed by atoms with Gasteiger partial charge in [0.15, 0.2) is 0 Å². The zero-order chi connectivity index (χ0) is 15.1. The minimum atomic E-state index is 0.132. The van der Waals surface area contributed by atoms with E-state index in [-0.39, 0.29) is 6.10 Å². The quantitative estimate of drug-likeness (QED) is 0.705. The lowest BCUT2D eigenvalue weighted by molar-refractivity contribution is 0.0525. The molecular weight excluding hydrogens is 278 g/mol. The third-order valence-corrected chi connectivity index (χ3v) is 4.65. The number of ether oxygens (including phenoxy) is 1. The molecule has 0 saturated carbocycles. The number of thiophene rings is 1. The van der Waals surface area contributed by atoms with Crippen LogP contribution in [0.15, 0.2) is 36.4 Å². The van der Waals surface area contributed by atoms with Gasteiger partial charge in [0.25, 0.3) is 0 Å². The van der Waals surface area contributed by atoms with E-state index >= 15 is 0 Å². The van der Waals surface area contributed by atoms with Gasteiger partial charge in [-0.15, -0.1) is 11.3 Å². The van der Waals surface area contributed by atoms with Crippen LogP contribution in [0.5, 0.6) is 0 Å². The Hall–Kier alpha value is -1.16. The van der Waals surface area contributed by atoms with Crippen molar-refractivity contribution in [2.45, 2.75) is 46.4 Å². The average Bonchev–Trinajstić information content (AvgIpc) is 2.86. The smallest absolute Gasteiger partial charge is 0.0801 e. The molecule has 3 heteroatoms. The molecule has 0 radical (unpaired) electrons. The highest BCUT2D eigenvalue weighted by molar-refractivity contribution is 7.12. The van der Waals surface area contributed by atoms with Gasteiger partial charge >= 0.3 is 0 Å². The molecule has 1 N–H and O–H groups in total. The zero-order valence-corrected chi connectivity index (χ0v) is 14.0. The first kappa shape index (κ1) is 16.2. The van der Waals surface area contributed by atoms with E-state index < -0.39 is 0 Å². The summed E-state index contributed by atoms with van der Waals surface area (Å²) in [6, 6.07) is 12.7. The molecule has 1 unspecified atom stereocenters. The molecule has 0 spiro atoms. The molecular formula is C18H25NOS.